The van der Waals surface area contributed by atoms with E-state index in [4.69, 9.17) is 9.39 Å². The fraction of sp³-hybridized carbons (Fsp3) is 0.500. The van der Waals surface area contributed by atoms with Gasteiger partial charge in [0.25, 0.3) is 0 Å². The van der Waals surface area contributed by atoms with Crippen molar-refractivity contribution in [2.45, 2.75) is 32.4 Å². The summed E-state index contributed by atoms with van der Waals surface area (Å²) in [7, 11) is 1.78. The number of nitrogens with zero attached hydrogens (tertiary/aromatic N) is 2. The van der Waals surface area contributed by atoms with Gasteiger partial charge in [0.15, 0.2) is 5.82 Å². The molecule has 24 heavy (non-hydrogen) atoms. The van der Waals surface area contributed by atoms with Crippen molar-refractivity contribution < 1.29 is 14.2 Å². The first-order valence-electron chi connectivity index (χ1n) is 8.06. The minimum Gasteiger partial charge on any atom is -0.427 e. The second-order valence-corrected chi connectivity index (χ2v) is 12.5. The first-order valence-corrected chi connectivity index (χ1v) is 11.8. The Morgan fingerprint density at radius 1 is 1.33 bits per heavy atom. The van der Waals surface area contributed by atoms with Crippen molar-refractivity contribution in [3.05, 3.63) is 30.1 Å². The molecule has 1 aromatic heterocycles. The van der Waals surface area contributed by atoms with Gasteiger partial charge in [-0.15, -0.1) is 0 Å². The van der Waals surface area contributed by atoms with Gasteiger partial charge in [-0.05, 0) is 18.2 Å². The number of fused-ring (bicyclic) bond motifs is 1. The van der Waals surface area contributed by atoms with Crippen LogP contribution >= 0.6 is 0 Å². The van der Waals surface area contributed by atoms with E-state index in [0.29, 0.717) is 19.2 Å². The van der Waals surface area contributed by atoms with E-state index in [0.717, 1.165) is 17.1 Å². The van der Waals surface area contributed by atoms with E-state index >= 15 is 0 Å². The van der Waals surface area contributed by atoms with Crippen molar-refractivity contribution in [3.63, 3.8) is 0 Å². The zero-order valence-corrected chi connectivity index (χ0v) is 15.8. The number of aromatic nitrogens is 2. The molecule has 0 amide bonds. The number of para-hydroxylation sites is 2. The van der Waals surface area contributed by atoms with Crippen LogP contribution in [-0.4, -0.2) is 51.3 Å². The molecule has 0 spiro atoms. The molecule has 1 radical (unpaired) electrons. The zero-order chi connectivity index (χ0) is 17.6. The largest absolute Gasteiger partial charge is 0.427 e. The van der Waals surface area contributed by atoms with Crippen molar-refractivity contribution in [1.82, 2.24) is 14.8 Å². The van der Waals surface area contributed by atoms with Gasteiger partial charge in [0.1, 0.15) is 6.73 Å². The van der Waals surface area contributed by atoms with E-state index in [1.54, 1.807) is 0 Å². The number of imidazole rings is 1. The van der Waals surface area contributed by atoms with E-state index < -0.39 is 8.07 Å². The smallest absolute Gasteiger partial charge is 0.395 e. The number of Topliss-reactive ketones (excluding diaryl/α,β-unsaturated/α-hetero) is 1. The molecule has 0 fully saturated rings. The van der Waals surface area contributed by atoms with Crippen molar-refractivity contribution >= 4 is 32.5 Å². The number of benzene rings is 1. The van der Waals surface area contributed by atoms with Gasteiger partial charge in [-0.1, -0.05) is 31.8 Å². The molecule has 8 heteroatoms. The summed E-state index contributed by atoms with van der Waals surface area (Å²) in [5.41, 5.74) is 1.70. The summed E-state index contributed by atoms with van der Waals surface area (Å²) < 4.78 is 12.5. The predicted molar refractivity (Wildman–Crippen MR) is 98.9 cm³/mol. The Balaban J connectivity index is 2.13. The lowest BCUT2D eigenvalue weighted by atomic mass is 10.2. The highest BCUT2D eigenvalue weighted by molar-refractivity contribution is 6.76. The van der Waals surface area contributed by atoms with Crippen LogP contribution in [0.5, 0.6) is 0 Å². The van der Waals surface area contributed by atoms with Crippen LogP contribution in [0.15, 0.2) is 24.3 Å². The van der Waals surface area contributed by atoms with Crippen LogP contribution in [0, 0.1) is 0 Å². The number of nitrogens with one attached hydrogen (secondary N) is 1. The Kier molecular flexibility index (Phi) is 6.73. The molecule has 0 saturated heterocycles. The average molecular weight is 346 g/mol. The van der Waals surface area contributed by atoms with Crippen LogP contribution in [-0.2, 0) is 16.1 Å². The van der Waals surface area contributed by atoms with E-state index in [2.05, 4.69) is 29.9 Å². The molecule has 0 aliphatic rings. The molecule has 1 heterocycles. The van der Waals surface area contributed by atoms with Crippen molar-refractivity contribution in [1.29, 1.82) is 0 Å². The van der Waals surface area contributed by atoms with Crippen LogP contribution < -0.4 is 5.23 Å². The Bertz CT molecular complexity index is 685. The molecule has 2 aromatic rings. The zero-order valence-electron chi connectivity index (χ0n) is 14.8. The van der Waals surface area contributed by atoms with Crippen molar-refractivity contribution in [2.24, 2.45) is 0 Å². The van der Waals surface area contributed by atoms with Gasteiger partial charge < -0.3 is 14.6 Å². The van der Waals surface area contributed by atoms with Crippen molar-refractivity contribution in [2.75, 3.05) is 20.3 Å². The van der Waals surface area contributed by atoms with Gasteiger partial charge in [-0.3, -0.25) is 9.36 Å². The number of ketones is 1. The van der Waals surface area contributed by atoms with Crippen LogP contribution in [0.4, 0.5) is 0 Å². The molecule has 0 aliphatic carbocycles. The summed E-state index contributed by atoms with van der Waals surface area (Å²) in [5.74, 6) is 0.300. The number of carbonyl (C=O) groups is 1. The van der Waals surface area contributed by atoms with Gasteiger partial charge in [0.2, 0.25) is 5.78 Å². The second-order valence-electron chi connectivity index (χ2n) is 6.86. The Morgan fingerprint density at radius 3 is 2.79 bits per heavy atom. The normalized spacial score (nSPS) is 11.8. The number of hydrogen-bond acceptors (Lipinski definition) is 5. The molecule has 1 N–H and O–H groups in total. The van der Waals surface area contributed by atoms with Gasteiger partial charge in [-0.25, -0.2) is 4.98 Å². The molecule has 0 aliphatic heterocycles. The summed E-state index contributed by atoms with van der Waals surface area (Å²) in [4.78, 5) is 16.9. The van der Waals surface area contributed by atoms with Crippen LogP contribution in [0.1, 0.15) is 10.6 Å². The summed E-state index contributed by atoms with van der Waals surface area (Å²) in [6.45, 7) is 8.11. The maximum atomic E-state index is 12.4. The minimum atomic E-state index is -1.14. The predicted octanol–water partition coefficient (Wildman–Crippen LogP) is 2.30. The third kappa shape index (κ3) is 5.27. The lowest BCUT2D eigenvalue weighted by Gasteiger charge is -2.16. The monoisotopic (exact) mass is 346 g/mol. The Labute approximate surface area is 144 Å². The quantitative estimate of drug-likeness (QED) is 0.406. The van der Waals surface area contributed by atoms with E-state index in [9.17, 15) is 4.79 Å². The average Bonchev–Trinajstić information content (AvgIpc) is 2.90. The highest BCUT2D eigenvalue weighted by Crippen LogP contribution is 2.17. The molecule has 0 bridgehead atoms. The third-order valence-corrected chi connectivity index (χ3v) is 5.29. The number of ether oxygens (including phenoxy) is 1. The van der Waals surface area contributed by atoms with Gasteiger partial charge in [0.05, 0.1) is 17.6 Å². The summed E-state index contributed by atoms with van der Waals surface area (Å²) in [6.07, 6.45) is 0. The highest BCUT2D eigenvalue weighted by atomic mass is 28.3. The third-order valence-electron chi connectivity index (χ3n) is 3.58. The molecular formula is C16H25BN3O3Si. The standard InChI is InChI=1S/C16H25BN3O3Si/c1-22-17-18-11-15(21)16-19-13-7-5-6-8-14(13)20(16)12-23-9-10-24(2,3)4/h5-8,18H,9-12H2,1-4H3. The maximum absolute atomic E-state index is 12.4. The Morgan fingerprint density at radius 2 is 2.08 bits per heavy atom. The van der Waals surface area contributed by atoms with Crippen LogP contribution in [0.3, 0.4) is 0 Å². The first-order chi connectivity index (χ1) is 11.4. The van der Waals surface area contributed by atoms with E-state index in [1.165, 1.54) is 14.7 Å². The summed E-state index contributed by atoms with van der Waals surface area (Å²) >= 11 is 0. The van der Waals surface area contributed by atoms with Gasteiger partial charge >= 0.3 is 7.62 Å². The summed E-state index contributed by atoms with van der Waals surface area (Å²) in [6, 6.07) is 8.80. The maximum Gasteiger partial charge on any atom is 0.395 e. The van der Waals surface area contributed by atoms with Crippen LogP contribution in [0.25, 0.3) is 11.0 Å². The lowest BCUT2D eigenvalue weighted by molar-refractivity contribution is 0.0821. The minimum absolute atomic E-state index is 0.103. The number of hydrogen-bond donors (Lipinski definition) is 1. The van der Waals surface area contributed by atoms with E-state index in [-0.39, 0.29) is 12.3 Å². The lowest BCUT2D eigenvalue weighted by Crippen LogP contribution is -2.29. The first kappa shape index (κ1) is 18.9. The SMILES string of the molecule is CO[B]NCC(=O)c1nc2ccccc2n1COCC[Si](C)(C)C. The molecule has 2 rings (SSSR count). The van der Waals surface area contributed by atoms with Gasteiger partial charge in [-0.2, -0.15) is 0 Å². The molecule has 1 aromatic carbocycles. The van der Waals surface area contributed by atoms with E-state index in [1.807, 2.05) is 28.8 Å². The molecule has 6 nitrogen and oxygen atoms in total. The van der Waals surface area contributed by atoms with Gasteiger partial charge in [0, 0.05) is 21.8 Å². The highest BCUT2D eigenvalue weighted by Gasteiger charge is 2.18. The molecule has 0 unspecified atom stereocenters. The molecule has 0 saturated carbocycles. The van der Waals surface area contributed by atoms with Crippen LogP contribution in [0.2, 0.25) is 25.7 Å². The van der Waals surface area contributed by atoms with Crippen molar-refractivity contribution in [3.8, 4) is 0 Å². The fourth-order valence-electron chi connectivity index (χ4n) is 2.25. The molecule has 0 atom stereocenters. The Hall–Kier alpha value is -1.48. The second kappa shape index (κ2) is 8.57. The molecule has 129 valence electrons. The number of rotatable bonds is 10. The summed E-state index contributed by atoms with van der Waals surface area (Å²) in [5, 5.41) is 2.81. The fourth-order valence-corrected chi connectivity index (χ4v) is 3.01. The topological polar surface area (TPSA) is 65.4 Å². The number of carbonyl (C=O) groups excluding carboxylic acids is 1. The molecular weight excluding hydrogens is 321 g/mol.